The minimum Gasteiger partial charge on any atom is -0.480 e. The van der Waals surface area contributed by atoms with Gasteiger partial charge in [-0.15, -0.1) is 0 Å². The molecule has 2 N–H and O–H groups in total. The third-order valence-electron chi connectivity index (χ3n) is 4.31. The quantitative estimate of drug-likeness (QED) is 0.735. The third kappa shape index (κ3) is 1.84. The zero-order chi connectivity index (χ0) is 11.6. The van der Waals surface area contributed by atoms with E-state index in [2.05, 4.69) is 17.1 Å². The van der Waals surface area contributed by atoms with E-state index in [1.54, 1.807) is 0 Å². The molecule has 4 heteroatoms. The van der Waals surface area contributed by atoms with Gasteiger partial charge in [0.05, 0.1) is 0 Å². The van der Waals surface area contributed by atoms with E-state index in [1.807, 2.05) is 0 Å². The van der Waals surface area contributed by atoms with E-state index in [0.717, 1.165) is 45.4 Å². The molecule has 4 nitrogen and oxygen atoms in total. The van der Waals surface area contributed by atoms with Crippen molar-refractivity contribution >= 4 is 5.97 Å². The number of carbonyl (C=O) groups is 1. The van der Waals surface area contributed by atoms with E-state index in [0.29, 0.717) is 0 Å². The van der Waals surface area contributed by atoms with Crippen LogP contribution in [-0.2, 0) is 4.79 Å². The van der Waals surface area contributed by atoms with Gasteiger partial charge >= 0.3 is 5.97 Å². The highest BCUT2D eigenvalue weighted by Gasteiger charge is 2.49. The number of carboxylic acids is 1. The zero-order valence-corrected chi connectivity index (χ0v) is 10.0. The van der Waals surface area contributed by atoms with Crippen LogP contribution in [0.3, 0.4) is 0 Å². The van der Waals surface area contributed by atoms with Crippen molar-refractivity contribution in [3.8, 4) is 0 Å². The molecule has 0 aromatic rings. The van der Waals surface area contributed by atoms with Gasteiger partial charge in [0.2, 0.25) is 0 Å². The fourth-order valence-corrected chi connectivity index (χ4v) is 3.32. The number of nitrogens with zero attached hydrogens (tertiary/aromatic N) is 1. The zero-order valence-electron chi connectivity index (χ0n) is 10.0. The van der Waals surface area contributed by atoms with E-state index in [1.165, 1.54) is 6.42 Å². The first-order chi connectivity index (χ1) is 7.68. The SMILES string of the molecule is CC1CCCCC1(C(=O)O)N1CCNCC1. The summed E-state index contributed by atoms with van der Waals surface area (Å²) in [6.07, 6.45) is 4.11. The van der Waals surface area contributed by atoms with Crippen LogP contribution in [-0.4, -0.2) is 47.7 Å². The van der Waals surface area contributed by atoms with E-state index in [4.69, 9.17) is 0 Å². The van der Waals surface area contributed by atoms with Crippen LogP contribution < -0.4 is 5.32 Å². The Morgan fingerprint density at radius 3 is 2.62 bits per heavy atom. The lowest BCUT2D eigenvalue weighted by Gasteiger charge is -2.48. The molecule has 0 radical (unpaired) electrons. The molecule has 0 amide bonds. The third-order valence-corrected chi connectivity index (χ3v) is 4.31. The minimum absolute atomic E-state index is 0.275. The first kappa shape index (κ1) is 11.9. The topological polar surface area (TPSA) is 52.6 Å². The van der Waals surface area contributed by atoms with Gasteiger partial charge in [-0.25, -0.2) is 0 Å². The maximum Gasteiger partial charge on any atom is 0.324 e. The number of hydrogen-bond donors (Lipinski definition) is 2. The van der Waals surface area contributed by atoms with Crippen LogP contribution in [0.4, 0.5) is 0 Å². The van der Waals surface area contributed by atoms with Crippen LogP contribution in [0.2, 0.25) is 0 Å². The van der Waals surface area contributed by atoms with Crippen LogP contribution in [0.25, 0.3) is 0 Å². The highest BCUT2D eigenvalue weighted by Crippen LogP contribution is 2.38. The Balaban J connectivity index is 2.22. The molecule has 1 saturated heterocycles. The Hall–Kier alpha value is -0.610. The smallest absolute Gasteiger partial charge is 0.324 e. The van der Waals surface area contributed by atoms with Gasteiger partial charge < -0.3 is 10.4 Å². The molecule has 16 heavy (non-hydrogen) atoms. The summed E-state index contributed by atoms with van der Waals surface area (Å²) >= 11 is 0. The summed E-state index contributed by atoms with van der Waals surface area (Å²) in [6.45, 7) is 5.69. The molecule has 2 atom stereocenters. The van der Waals surface area contributed by atoms with Gasteiger partial charge in [0, 0.05) is 26.2 Å². The molecule has 0 aromatic carbocycles. The highest BCUT2D eigenvalue weighted by atomic mass is 16.4. The van der Waals surface area contributed by atoms with Crippen molar-refractivity contribution in [1.82, 2.24) is 10.2 Å². The fourth-order valence-electron chi connectivity index (χ4n) is 3.32. The number of aliphatic carboxylic acids is 1. The average molecular weight is 226 g/mol. The summed E-state index contributed by atoms with van der Waals surface area (Å²) in [5.41, 5.74) is -0.583. The molecule has 1 aliphatic carbocycles. The molecule has 1 saturated carbocycles. The standard InChI is InChI=1S/C12H22N2O2/c1-10-4-2-3-5-12(10,11(15)16)14-8-6-13-7-9-14/h10,13H,2-9H2,1H3,(H,15,16). The Labute approximate surface area is 97.0 Å². The van der Waals surface area contributed by atoms with Gasteiger partial charge in [-0.1, -0.05) is 19.8 Å². The molecule has 0 aromatic heterocycles. The van der Waals surface area contributed by atoms with Gasteiger partial charge in [0.1, 0.15) is 5.54 Å². The number of piperazine rings is 1. The van der Waals surface area contributed by atoms with Crippen molar-refractivity contribution in [2.75, 3.05) is 26.2 Å². The summed E-state index contributed by atoms with van der Waals surface area (Å²) in [5, 5.41) is 12.9. The Morgan fingerprint density at radius 1 is 1.38 bits per heavy atom. The van der Waals surface area contributed by atoms with Crippen LogP contribution in [0, 0.1) is 5.92 Å². The number of rotatable bonds is 2. The molecule has 1 aliphatic heterocycles. The summed E-state index contributed by atoms with van der Waals surface area (Å²) in [5.74, 6) is -0.335. The van der Waals surface area contributed by atoms with E-state index >= 15 is 0 Å². The molecule has 92 valence electrons. The monoisotopic (exact) mass is 226 g/mol. The second-order valence-electron chi connectivity index (χ2n) is 5.11. The van der Waals surface area contributed by atoms with Gasteiger partial charge in [-0.2, -0.15) is 0 Å². The van der Waals surface area contributed by atoms with Crippen molar-refractivity contribution in [1.29, 1.82) is 0 Å². The molecular formula is C12H22N2O2. The molecule has 0 spiro atoms. The van der Waals surface area contributed by atoms with Gasteiger partial charge in [0.25, 0.3) is 0 Å². The average Bonchev–Trinajstić information content (AvgIpc) is 2.30. The number of carboxylic acid groups (broad SMARTS) is 1. The van der Waals surface area contributed by atoms with Crippen molar-refractivity contribution < 1.29 is 9.90 Å². The maximum atomic E-state index is 11.7. The number of nitrogens with one attached hydrogen (secondary N) is 1. The van der Waals surface area contributed by atoms with E-state index < -0.39 is 11.5 Å². The van der Waals surface area contributed by atoms with E-state index in [9.17, 15) is 9.90 Å². The van der Waals surface area contributed by atoms with Crippen LogP contribution >= 0.6 is 0 Å². The second kappa shape index (κ2) is 4.72. The second-order valence-corrected chi connectivity index (χ2v) is 5.11. The Kier molecular flexibility index (Phi) is 3.50. The van der Waals surface area contributed by atoms with Crippen LogP contribution in [0.5, 0.6) is 0 Å². The van der Waals surface area contributed by atoms with Gasteiger partial charge in [-0.05, 0) is 18.8 Å². The summed E-state index contributed by atoms with van der Waals surface area (Å²) in [7, 11) is 0. The van der Waals surface area contributed by atoms with Crippen molar-refractivity contribution in [3.05, 3.63) is 0 Å². The predicted molar refractivity (Wildman–Crippen MR) is 62.4 cm³/mol. The molecule has 1 heterocycles. The van der Waals surface area contributed by atoms with E-state index in [-0.39, 0.29) is 5.92 Å². The first-order valence-corrected chi connectivity index (χ1v) is 6.37. The van der Waals surface area contributed by atoms with Crippen molar-refractivity contribution in [2.45, 2.75) is 38.1 Å². The fraction of sp³-hybridized carbons (Fsp3) is 0.917. The first-order valence-electron chi connectivity index (χ1n) is 6.37. The molecular weight excluding hydrogens is 204 g/mol. The molecule has 0 bridgehead atoms. The van der Waals surface area contributed by atoms with Gasteiger partial charge in [-0.3, -0.25) is 9.69 Å². The highest BCUT2D eigenvalue weighted by molar-refractivity contribution is 5.79. The summed E-state index contributed by atoms with van der Waals surface area (Å²) < 4.78 is 0. The largest absolute Gasteiger partial charge is 0.480 e. The van der Waals surface area contributed by atoms with Crippen LogP contribution in [0.15, 0.2) is 0 Å². The van der Waals surface area contributed by atoms with Crippen molar-refractivity contribution in [3.63, 3.8) is 0 Å². The van der Waals surface area contributed by atoms with Crippen LogP contribution in [0.1, 0.15) is 32.6 Å². The molecule has 2 fully saturated rings. The minimum atomic E-state index is -0.610. The lowest BCUT2D eigenvalue weighted by Crippen LogP contribution is -2.64. The van der Waals surface area contributed by atoms with Crippen molar-refractivity contribution in [2.24, 2.45) is 5.92 Å². The molecule has 2 aliphatic rings. The molecule has 2 rings (SSSR count). The normalized spacial score (nSPS) is 37.2. The summed E-state index contributed by atoms with van der Waals surface area (Å²) in [4.78, 5) is 13.9. The lowest BCUT2D eigenvalue weighted by atomic mass is 9.72. The lowest BCUT2D eigenvalue weighted by molar-refractivity contribution is -0.159. The Morgan fingerprint density at radius 2 is 2.06 bits per heavy atom. The maximum absolute atomic E-state index is 11.7. The molecule has 2 unspecified atom stereocenters. The summed E-state index contributed by atoms with van der Waals surface area (Å²) in [6, 6.07) is 0. The predicted octanol–water partition coefficient (Wildman–Crippen LogP) is 0.925. The van der Waals surface area contributed by atoms with Gasteiger partial charge in [0.15, 0.2) is 0 Å². The Bertz CT molecular complexity index is 264. The number of hydrogen-bond acceptors (Lipinski definition) is 3.